The van der Waals surface area contributed by atoms with Crippen LogP contribution in [-0.4, -0.2) is 53.9 Å². The summed E-state index contributed by atoms with van der Waals surface area (Å²) in [6.45, 7) is 0.917. The first-order valence-electron chi connectivity index (χ1n) is 10.5. The lowest BCUT2D eigenvalue weighted by atomic mass is 10.2. The summed E-state index contributed by atoms with van der Waals surface area (Å²) in [5.74, 6) is -1.22. The number of esters is 1. The van der Waals surface area contributed by atoms with E-state index < -0.39 is 18.0 Å². The number of rotatable bonds is 9. The van der Waals surface area contributed by atoms with Crippen molar-refractivity contribution in [2.45, 2.75) is 13.0 Å². The lowest BCUT2D eigenvalue weighted by Gasteiger charge is -2.25. The van der Waals surface area contributed by atoms with Gasteiger partial charge in [0.25, 0.3) is 0 Å². The van der Waals surface area contributed by atoms with Crippen molar-refractivity contribution in [3.05, 3.63) is 36.7 Å². The molecule has 194 valence electrons. The van der Waals surface area contributed by atoms with Crippen LogP contribution in [0.2, 0.25) is 0 Å². The molecule has 0 bridgehead atoms. The molecule has 3 N–H and O–H groups in total. The van der Waals surface area contributed by atoms with E-state index in [0.717, 1.165) is 0 Å². The number of carbonyl (C=O) groups is 2. The molecule has 1 amide bonds. The topological polar surface area (TPSA) is 155 Å². The molecule has 0 saturated heterocycles. The fourth-order valence-electron chi connectivity index (χ4n) is 3.11. The van der Waals surface area contributed by atoms with Gasteiger partial charge in [0.2, 0.25) is 24.4 Å². The van der Waals surface area contributed by atoms with Crippen molar-refractivity contribution >= 4 is 40.8 Å². The van der Waals surface area contributed by atoms with Crippen LogP contribution in [-0.2, 0) is 14.3 Å². The summed E-state index contributed by atoms with van der Waals surface area (Å²) in [4.78, 5) is 34.8. The van der Waals surface area contributed by atoms with E-state index in [1.165, 1.54) is 45.7 Å². The normalized spacial score (nSPS) is 13.4. The number of halogens is 2. The van der Waals surface area contributed by atoms with E-state index in [1.807, 2.05) is 0 Å². The Morgan fingerprint density at radius 3 is 2.32 bits per heavy atom. The first-order chi connectivity index (χ1) is 17.7. The van der Waals surface area contributed by atoms with Gasteiger partial charge in [-0.2, -0.15) is 13.8 Å². The molecule has 0 aliphatic carbocycles. The number of benzene rings is 2. The van der Waals surface area contributed by atoms with Gasteiger partial charge >= 0.3 is 18.0 Å². The first-order valence-corrected chi connectivity index (χ1v) is 10.5. The summed E-state index contributed by atoms with van der Waals surface area (Å²) in [6, 6.07) is 7.29. The highest BCUT2D eigenvalue weighted by Crippen LogP contribution is 2.41. The largest absolute Gasteiger partial charge is 0.493 e. The van der Waals surface area contributed by atoms with Gasteiger partial charge in [-0.1, -0.05) is 0 Å². The van der Waals surface area contributed by atoms with Crippen LogP contribution in [0.4, 0.5) is 37.7 Å². The zero-order valence-electron chi connectivity index (χ0n) is 19.6. The Morgan fingerprint density at radius 2 is 1.70 bits per heavy atom. The van der Waals surface area contributed by atoms with E-state index in [2.05, 4.69) is 35.6 Å². The van der Waals surface area contributed by atoms with E-state index in [-0.39, 0.29) is 47.4 Å². The number of carbonyl (C=O) groups excluding carboxylic acids is 2. The summed E-state index contributed by atoms with van der Waals surface area (Å²) in [6.07, 6.45) is -2.71. The Labute approximate surface area is 208 Å². The molecule has 15 heteroatoms. The van der Waals surface area contributed by atoms with Gasteiger partial charge in [0.05, 0.1) is 19.9 Å². The van der Waals surface area contributed by atoms with Crippen molar-refractivity contribution in [3.63, 3.8) is 0 Å². The number of methoxy groups -OCH3 is 2. The third-order valence-electron chi connectivity index (χ3n) is 4.74. The van der Waals surface area contributed by atoms with Gasteiger partial charge in [-0.3, -0.25) is 9.59 Å². The number of hydrogen-bond acceptors (Lipinski definition) is 12. The quantitative estimate of drug-likeness (QED) is 0.281. The van der Waals surface area contributed by atoms with Crippen molar-refractivity contribution in [3.8, 4) is 23.0 Å². The van der Waals surface area contributed by atoms with E-state index in [0.29, 0.717) is 11.4 Å². The SMILES string of the molecule is COc1cc(Nc2ncnc(Nc3ccc4c(c3)NC(=O)C(F)(F)O4)n2)cc(OC)c1OCOC(C)=O. The zero-order chi connectivity index (χ0) is 26.6. The molecule has 2 heterocycles. The number of anilines is 5. The third kappa shape index (κ3) is 5.83. The Hall–Kier alpha value is -4.95. The second-order valence-corrected chi connectivity index (χ2v) is 7.27. The molecule has 2 aromatic carbocycles. The molecular formula is C22H20F2N6O7. The summed E-state index contributed by atoms with van der Waals surface area (Å²) >= 11 is 0. The lowest BCUT2D eigenvalue weighted by molar-refractivity contribution is -0.189. The number of hydrogen-bond donors (Lipinski definition) is 3. The standard InChI is InChI=1S/C22H20F2N6O7/c1-11(31)35-10-36-18-16(33-2)7-13(8-17(18)34-3)28-21-26-9-25-20(30-21)27-12-4-5-15-14(6-12)29-19(32)22(23,24)37-15/h4-9H,10H2,1-3H3,(H,29,32)(H2,25,26,27,28,30). The van der Waals surface area contributed by atoms with E-state index in [9.17, 15) is 18.4 Å². The highest BCUT2D eigenvalue weighted by atomic mass is 19.3. The van der Waals surface area contributed by atoms with E-state index >= 15 is 0 Å². The fraction of sp³-hybridized carbons (Fsp3) is 0.227. The van der Waals surface area contributed by atoms with Gasteiger partial charge in [0.15, 0.2) is 17.2 Å². The average Bonchev–Trinajstić information content (AvgIpc) is 2.85. The van der Waals surface area contributed by atoms with Crippen LogP contribution in [0.1, 0.15) is 6.92 Å². The van der Waals surface area contributed by atoms with Crippen LogP contribution < -0.4 is 34.9 Å². The summed E-state index contributed by atoms with van der Waals surface area (Å²) in [7, 11) is 2.85. The number of alkyl halides is 2. The van der Waals surface area contributed by atoms with Crippen LogP contribution in [0.3, 0.4) is 0 Å². The predicted octanol–water partition coefficient (Wildman–Crippen LogP) is 3.20. The second kappa shape index (κ2) is 10.3. The monoisotopic (exact) mass is 518 g/mol. The van der Waals surface area contributed by atoms with Crippen LogP contribution in [0.15, 0.2) is 36.7 Å². The maximum absolute atomic E-state index is 13.4. The molecule has 0 fully saturated rings. The van der Waals surface area contributed by atoms with Gasteiger partial charge in [0.1, 0.15) is 6.33 Å². The molecular weight excluding hydrogens is 498 g/mol. The van der Waals surface area contributed by atoms with Gasteiger partial charge in [-0.25, -0.2) is 9.97 Å². The van der Waals surface area contributed by atoms with Crippen molar-refractivity contribution in [1.29, 1.82) is 0 Å². The smallest absolute Gasteiger partial charge is 0.482 e. The Bertz CT molecular complexity index is 1320. The highest BCUT2D eigenvalue weighted by molar-refractivity contribution is 5.99. The van der Waals surface area contributed by atoms with Gasteiger partial charge in [-0.15, -0.1) is 0 Å². The number of ether oxygens (including phenoxy) is 5. The molecule has 3 aromatic rings. The molecule has 13 nitrogen and oxygen atoms in total. The van der Waals surface area contributed by atoms with Crippen molar-refractivity contribution in [2.24, 2.45) is 0 Å². The number of aromatic nitrogens is 3. The second-order valence-electron chi connectivity index (χ2n) is 7.27. The summed E-state index contributed by atoms with van der Waals surface area (Å²) in [5, 5.41) is 7.96. The minimum Gasteiger partial charge on any atom is -0.493 e. The first kappa shape index (κ1) is 25.2. The zero-order valence-corrected chi connectivity index (χ0v) is 19.6. The third-order valence-corrected chi connectivity index (χ3v) is 4.74. The molecule has 37 heavy (non-hydrogen) atoms. The molecule has 1 aliphatic rings. The molecule has 1 aliphatic heterocycles. The molecule has 4 rings (SSSR count). The predicted molar refractivity (Wildman–Crippen MR) is 124 cm³/mol. The summed E-state index contributed by atoms with van der Waals surface area (Å²) < 4.78 is 52.2. The average molecular weight is 518 g/mol. The van der Waals surface area contributed by atoms with Crippen molar-refractivity contribution in [2.75, 3.05) is 37.0 Å². The van der Waals surface area contributed by atoms with Crippen LogP contribution in [0.25, 0.3) is 0 Å². The van der Waals surface area contributed by atoms with Gasteiger partial charge in [-0.05, 0) is 18.2 Å². The number of nitrogens with zero attached hydrogens (tertiary/aromatic N) is 3. The fourth-order valence-corrected chi connectivity index (χ4v) is 3.11. The molecule has 1 aromatic heterocycles. The van der Waals surface area contributed by atoms with Crippen molar-refractivity contribution < 1.29 is 42.1 Å². The maximum Gasteiger partial charge on any atom is 0.482 e. The minimum absolute atomic E-state index is 0.0588. The van der Waals surface area contributed by atoms with Gasteiger partial charge < -0.3 is 39.6 Å². The van der Waals surface area contributed by atoms with Gasteiger partial charge in [0, 0.05) is 30.4 Å². The Kier molecular flexibility index (Phi) is 7.04. The summed E-state index contributed by atoms with van der Waals surface area (Å²) in [5.41, 5.74) is 0.923. The molecule has 0 atom stereocenters. The van der Waals surface area contributed by atoms with Crippen molar-refractivity contribution in [1.82, 2.24) is 15.0 Å². The molecule has 0 saturated carbocycles. The van der Waals surface area contributed by atoms with Crippen LogP contribution in [0, 0.1) is 0 Å². The number of fused-ring (bicyclic) bond motifs is 1. The molecule has 0 spiro atoms. The minimum atomic E-state index is -3.95. The number of nitrogens with one attached hydrogen (secondary N) is 3. The Balaban J connectivity index is 1.50. The van der Waals surface area contributed by atoms with E-state index in [1.54, 1.807) is 12.1 Å². The van der Waals surface area contributed by atoms with Crippen LogP contribution >= 0.6 is 0 Å². The highest BCUT2D eigenvalue weighted by Gasteiger charge is 2.46. The maximum atomic E-state index is 13.4. The molecule has 0 unspecified atom stereocenters. The lowest BCUT2D eigenvalue weighted by Crippen LogP contribution is -2.43. The molecule has 0 radical (unpaired) electrons. The van der Waals surface area contributed by atoms with Crippen LogP contribution in [0.5, 0.6) is 23.0 Å². The van der Waals surface area contributed by atoms with E-state index in [4.69, 9.17) is 18.9 Å². The Morgan fingerprint density at radius 1 is 1.05 bits per heavy atom. The number of amides is 1.